The van der Waals surface area contributed by atoms with Crippen LogP contribution in [-0.2, 0) is 10.9 Å². The molecular weight excluding hydrogens is 377 g/mol. The zero-order valence-electron chi connectivity index (χ0n) is 16.6. The molecule has 3 nitrogen and oxygen atoms in total. The number of alkyl halides is 3. The number of fused-ring (bicyclic) bond motifs is 1. The van der Waals surface area contributed by atoms with Gasteiger partial charge in [0, 0.05) is 22.3 Å². The van der Waals surface area contributed by atoms with E-state index in [0.29, 0.717) is 16.8 Å². The molecule has 1 fully saturated rings. The van der Waals surface area contributed by atoms with E-state index in [1.54, 1.807) is 6.92 Å². The summed E-state index contributed by atoms with van der Waals surface area (Å²) in [6.07, 6.45) is -2.30. The quantitative estimate of drug-likeness (QED) is 0.507. The zero-order valence-corrected chi connectivity index (χ0v) is 16.6. The second-order valence-electron chi connectivity index (χ2n) is 7.93. The summed E-state index contributed by atoms with van der Waals surface area (Å²) in [4.78, 5) is 0. The van der Waals surface area contributed by atoms with Crippen molar-refractivity contribution in [1.82, 2.24) is 10.2 Å². The number of nitrogens with zero attached hydrogens (tertiary/aromatic N) is 2. The highest BCUT2D eigenvalue weighted by atomic mass is 19.4. The van der Waals surface area contributed by atoms with Crippen LogP contribution < -0.4 is 0 Å². The molecule has 0 saturated carbocycles. The lowest BCUT2D eigenvalue weighted by molar-refractivity contribution is -0.137. The largest absolute Gasteiger partial charge is 0.416 e. The van der Waals surface area contributed by atoms with Crippen molar-refractivity contribution in [2.45, 2.75) is 57.9 Å². The Labute approximate surface area is 167 Å². The van der Waals surface area contributed by atoms with Crippen LogP contribution in [0.15, 0.2) is 42.5 Å². The molecule has 1 aliphatic rings. The van der Waals surface area contributed by atoms with Crippen molar-refractivity contribution in [1.29, 1.82) is 0 Å². The number of aromatic nitrogens is 2. The monoisotopic (exact) mass is 400 g/mol. The van der Waals surface area contributed by atoms with Gasteiger partial charge in [0.2, 0.25) is 0 Å². The summed E-state index contributed by atoms with van der Waals surface area (Å²) in [7, 11) is 0. The molecule has 0 spiro atoms. The van der Waals surface area contributed by atoms with E-state index < -0.39 is 11.7 Å². The third-order valence-electron chi connectivity index (χ3n) is 5.61. The minimum atomic E-state index is -4.36. The second-order valence-corrected chi connectivity index (χ2v) is 7.93. The van der Waals surface area contributed by atoms with Crippen LogP contribution in [0.2, 0.25) is 0 Å². The summed E-state index contributed by atoms with van der Waals surface area (Å²) in [5, 5.41) is 11.0. The maximum absolute atomic E-state index is 13.0. The molecule has 1 aromatic heterocycles. The Kier molecular flexibility index (Phi) is 5.07. The van der Waals surface area contributed by atoms with Crippen LogP contribution in [0.25, 0.3) is 22.0 Å². The highest BCUT2D eigenvalue weighted by Crippen LogP contribution is 2.39. The van der Waals surface area contributed by atoms with Crippen molar-refractivity contribution in [3.63, 3.8) is 0 Å². The average Bonchev–Trinajstić information content (AvgIpc) is 2.66. The molecule has 4 rings (SSSR count). The fraction of sp³-hybridized carbons (Fsp3) is 0.391. The molecule has 2 atom stereocenters. The standard InChI is InChI=1S/C23H23F3N2O/c1-13-10-17(23(24,25)26)8-9-18(13)22-20-7-5-4-6-19(20)21(27-28-22)16-11-14(2)29-15(3)12-16/h4-10,14-16H,11-12H2,1-3H3. The molecule has 3 aromatic rings. The van der Waals surface area contributed by atoms with Gasteiger partial charge >= 0.3 is 6.18 Å². The number of ether oxygens (including phenoxy) is 1. The smallest absolute Gasteiger partial charge is 0.376 e. The van der Waals surface area contributed by atoms with Crippen molar-refractivity contribution in [3.05, 3.63) is 59.3 Å². The molecule has 2 aromatic carbocycles. The van der Waals surface area contributed by atoms with Crippen molar-refractivity contribution < 1.29 is 17.9 Å². The minimum Gasteiger partial charge on any atom is -0.376 e. The molecule has 0 N–H and O–H groups in total. The maximum Gasteiger partial charge on any atom is 0.416 e. The molecule has 0 radical (unpaired) electrons. The lowest BCUT2D eigenvalue weighted by atomic mass is 9.87. The first kappa shape index (κ1) is 19.8. The summed E-state index contributed by atoms with van der Waals surface area (Å²) < 4.78 is 45.0. The van der Waals surface area contributed by atoms with E-state index in [1.165, 1.54) is 12.1 Å². The Balaban J connectivity index is 1.82. The van der Waals surface area contributed by atoms with Crippen molar-refractivity contribution in [2.75, 3.05) is 0 Å². The molecular formula is C23H23F3N2O. The summed E-state index contributed by atoms with van der Waals surface area (Å²) in [5.74, 6) is 0.244. The third kappa shape index (κ3) is 3.86. The molecule has 2 heterocycles. The molecule has 0 amide bonds. The summed E-state index contributed by atoms with van der Waals surface area (Å²) in [6, 6.07) is 11.6. The van der Waals surface area contributed by atoms with E-state index in [4.69, 9.17) is 4.74 Å². The molecule has 1 aliphatic heterocycles. The van der Waals surface area contributed by atoms with Gasteiger partial charge in [0.05, 0.1) is 23.5 Å². The van der Waals surface area contributed by atoms with Crippen LogP contribution in [0.4, 0.5) is 13.2 Å². The molecule has 0 bridgehead atoms. The molecule has 2 unspecified atom stereocenters. The van der Waals surface area contributed by atoms with Crippen LogP contribution in [0.3, 0.4) is 0 Å². The SMILES string of the molecule is Cc1cc(C(F)(F)F)ccc1-c1nnc(C2CC(C)OC(C)C2)c2ccccc12. The van der Waals surface area contributed by atoms with Crippen LogP contribution in [0.5, 0.6) is 0 Å². The lowest BCUT2D eigenvalue weighted by Gasteiger charge is -2.32. The summed E-state index contributed by atoms with van der Waals surface area (Å²) in [6.45, 7) is 5.81. The highest BCUT2D eigenvalue weighted by molar-refractivity contribution is 5.96. The molecule has 152 valence electrons. The first-order valence-corrected chi connectivity index (χ1v) is 9.83. The molecule has 6 heteroatoms. The number of halogens is 3. The first-order chi connectivity index (χ1) is 13.7. The fourth-order valence-corrected chi connectivity index (χ4v) is 4.36. The van der Waals surface area contributed by atoms with E-state index in [-0.39, 0.29) is 18.1 Å². The highest BCUT2D eigenvalue weighted by Gasteiger charge is 2.31. The number of hydrogen-bond acceptors (Lipinski definition) is 3. The average molecular weight is 400 g/mol. The van der Waals surface area contributed by atoms with Gasteiger partial charge in [0.15, 0.2) is 0 Å². The Hall–Kier alpha value is -2.47. The number of aryl methyl sites for hydroxylation is 1. The first-order valence-electron chi connectivity index (χ1n) is 9.83. The molecule has 1 saturated heterocycles. The third-order valence-corrected chi connectivity index (χ3v) is 5.61. The number of hydrogen-bond donors (Lipinski definition) is 0. The molecule has 29 heavy (non-hydrogen) atoms. The second kappa shape index (κ2) is 7.41. The van der Waals surface area contributed by atoms with Crippen LogP contribution in [0.1, 0.15) is 49.4 Å². The summed E-state index contributed by atoms with van der Waals surface area (Å²) >= 11 is 0. The van der Waals surface area contributed by atoms with Crippen molar-refractivity contribution >= 4 is 10.8 Å². The van der Waals surface area contributed by atoms with Crippen molar-refractivity contribution in [3.8, 4) is 11.3 Å². The van der Waals surface area contributed by atoms with Gasteiger partial charge in [-0.1, -0.05) is 30.3 Å². The molecule has 0 aliphatic carbocycles. The zero-order chi connectivity index (χ0) is 20.8. The van der Waals surface area contributed by atoms with E-state index in [9.17, 15) is 13.2 Å². The van der Waals surface area contributed by atoms with E-state index in [1.807, 2.05) is 24.3 Å². The lowest BCUT2D eigenvalue weighted by Crippen LogP contribution is -2.28. The Bertz CT molecular complexity index is 1040. The fourth-order valence-electron chi connectivity index (χ4n) is 4.36. The van der Waals surface area contributed by atoms with Gasteiger partial charge in [0.25, 0.3) is 0 Å². The van der Waals surface area contributed by atoms with Gasteiger partial charge in [-0.2, -0.15) is 18.3 Å². The Morgan fingerprint density at radius 2 is 1.59 bits per heavy atom. The van der Waals surface area contributed by atoms with E-state index in [2.05, 4.69) is 24.0 Å². The summed E-state index contributed by atoms with van der Waals surface area (Å²) in [5.41, 5.74) is 2.10. The van der Waals surface area contributed by atoms with Crippen molar-refractivity contribution in [2.24, 2.45) is 0 Å². The minimum absolute atomic E-state index is 0.154. The maximum atomic E-state index is 13.0. The predicted molar refractivity (Wildman–Crippen MR) is 107 cm³/mol. The Morgan fingerprint density at radius 1 is 0.931 bits per heavy atom. The van der Waals surface area contributed by atoms with Crippen LogP contribution in [0, 0.1) is 6.92 Å². The predicted octanol–water partition coefficient (Wildman–Crippen LogP) is 6.30. The Morgan fingerprint density at radius 3 is 2.21 bits per heavy atom. The van der Waals surface area contributed by atoms with Crippen LogP contribution >= 0.6 is 0 Å². The normalized spacial score (nSPS) is 22.8. The topological polar surface area (TPSA) is 35.0 Å². The van der Waals surface area contributed by atoms with Gasteiger partial charge < -0.3 is 4.74 Å². The van der Waals surface area contributed by atoms with Gasteiger partial charge in [-0.3, -0.25) is 0 Å². The van der Waals surface area contributed by atoms with Gasteiger partial charge in [0.1, 0.15) is 5.69 Å². The van der Waals surface area contributed by atoms with Gasteiger partial charge in [-0.05, 0) is 51.3 Å². The number of benzene rings is 2. The number of rotatable bonds is 2. The van der Waals surface area contributed by atoms with E-state index in [0.717, 1.165) is 35.4 Å². The van der Waals surface area contributed by atoms with Gasteiger partial charge in [-0.15, -0.1) is 5.10 Å². The van der Waals surface area contributed by atoms with Gasteiger partial charge in [-0.25, -0.2) is 0 Å². The van der Waals surface area contributed by atoms with E-state index >= 15 is 0 Å². The van der Waals surface area contributed by atoms with Crippen LogP contribution in [-0.4, -0.2) is 22.4 Å².